The quantitative estimate of drug-likeness (QED) is 0.701. The molecule has 1 aromatic carbocycles. The second-order valence-electron chi connectivity index (χ2n) is 7.25. The molecule has 0 radical (unpaired) electrons. The molecule has 7 heteroatoms. The maximum atomic E-state index is 14.3. The van der Waals surface area contributed by atoms with Crippen LogP contribution in [0.3, 0.4) is 0 Å². The third-order valence-electron chi connectivity index (χ3n) is 4.81. The van der Waals surface area contributed by atoms with Crippen LogP contribution >= 0.6 is 0 Å². The number of nitrogens with one attached hydrogen (secondary N) is 1. The lowest BCUT2D eigenvalue weighted by atomic mass is 10.0. The van der Waals surface area contributed by atoms with Gasteiger partial charge in [-0.05, 0) is 55.2 Å². The third kappa shape index (κ3) is 6.14. The number of pyridine rings is 1. The molecule has 2 heterocycles. The second kappa shape index (κ2) is 10.5. The van der Waals surface area contributed by atoms with Crippen molar-refractivity contribution < 1.29 is 18.7 Å². The van der Waals surface area contributed by atoms with Crippen molar-refractivity contribution >= 4 is 17.9 Å². The van der Waals surface area contributed by atoms with Gasteiger partial charge in [0.15, 0.2) is 11.6 Å². The van der Waals surface area contributed by atoms with E-state index in [2.05, 4.69) is 10.3 Å². The van der Waals surface area contributed by atoms with E-state index in [9.17, 15) is 14.0 Å². The molecule has 0 saturated carbocycles. The van der Waals surface area contributed by atoms with Crippen LogP contribution in [0.2, 0.25) is 0 Å². The van der Waals surface area contributed by atoms with Crippen LogP contribution in [0.4, 0.5) is 4.39 Å². The molecule has 0 bridgehead atoms. The average molecular weight is 411 g/mol. The molecule has 1 N–H and O–H groups in total. The first-order valence-electron chi connectivity index (χ1n) is 10.2. The molecule has 1 unspecified atom stereocenters. The Kier molecular flexibility index (Phi) is 7.54. The molecular formula is C23H26FN3O3. The van der Waals surface area contributed by atoms with Crippen LogP contribution in [0.15, 0.2) is 48.8 Å². The van der Waals surface area contributed by atoms with Crippen molar-refractivity contribution in [1.82, 2.24) is 15.2 Å². The van der Waals surface area contributed by atoms with E-state index in [0.717, 1.165) is 19.3 Å². The third-order valence-corrected chi connectivity index (χ3v) is 4.81. The number of amides is 2. The number of likely N-dealkylation sites (tertiary alicyclic amines) is 1. The Morgan fingerprint density at radius 2 is 2.23 bits per heavy atom. The number of rotatable bonds is 7. The number of ether oxygens (including phenoxy) is 1. The highest BCUT2D eigenvalue weighted by Gasteiger charge is 2.23. The maximum Gasteiger partial charge on any atom is 0.246 e. The molecule has 6 nitrogen and oxygen atoms in total. The predicted octanol–water partition coefficient (Wildman–Crippen LogP) is 3.93. The first kappa shape index (κ1) is 21.5. The van der Waals surface area contributed by atoms with E-state index in [-0.39, 0.29) is 23.6 Å². The highest BCUT2D eigenvalue weighted by atomic mass is 19.1. The fourth-order valence-corrected chi connectivity index (χ4v) is 3.33. The smallest absolute Gasteiger partial charge is 0.246 e. The minimum absolute atomic E-state index is 0.0171. The van der Waals surface area contributed by atoms with Gasteiger partial charge in [0.1, 0.15) is 5.75 Å². The van der Waals surface area contributed by atoms with Crippen molar-refractivity contribution in [2.75, 3.05) is 13.1 Å². The van der Waals surface area contributed by atoms with Gasteiger partial charge in [-0.15, -0.1) is 0 Å². The van der Waals surface area contributed by atoms with Crippen LogP contribution in [0.25, 0.3) is 6.08 Å². The molecule has 3 rings (SSSR count). The molecule has 158 valence electrons. The molecule has 30 heavy (non-hydrogen) atoms. The van der Waals surface area contributed by atoms with E-state index < -0.39 is 5.82 Å². The molecule has 1 saturated heterocycles. The Bertz CT molecular complexity index is 902. The molecular weight excluding hydrogens is 385 g/mol. The number of halogens is 1. The minimum atomic E-state index is -0.523. The predicted molar refractivity (Wildman–Crippen MR) is 112 cm³/mol. The van der Waals surface area contributed by atoms with Crippen LogP contribution in [0, 0.1) is 5.82 Å². The number of carbonyl (C=O) groups excluding carboxylic acids is 2. The summed E-state index contributed by atoms with van der Waals surface area (Å²) in [6.45, 7) is 3.10. The van der Waals surface area contributed by atoms with Crippen molar-refractivity contribution in [3.8, 4) is 11.5 Å². The summed E-state index contributed by atoms with van der Waals surface area (Å²) < 4.78 is 19.8. The summed E-state index contributed by atoms with van der Waals surface area (Å²) in [5, 5.41) is 2.99. The van der Waals surface area contributed by atoms with Crippen molar-refractivity contribution in [2.45, 2.75) is 38.6 Å². The van der Waals surface area contributed by atoms with Crippen LogP contribution in [0.5, 0.6) is 11.5 Å². The highest BCUT2D eigenvalue weighted by Crippen LogP contribution is 2.25. The molecule has 2 aromatic rings. The first-order chi connectivity index (χ1) is 14.5. The molecule has 1 aromatic heterocycles. The van der Waals surface area contributed by atoms with Crippen LogP contribution < -0.4 is 10.1 Å². The molecule has 0 aliphatic carbocycles. The Labute approximate surface area is 175 Å². The van der Waals surface area contributed by atoms with Crippen LogP contribution in [-0.2, 0) is 9.59 Å². The lowest BCUT2D eigenvalue weighted by Crippen LogP contribution is -2.49. The average Bonchev–Trinajstić information content (AvgIpc) is 2.75. The van der Waals surface area contributed by atoms with E-state index >= 15 is 0 Å². The van der Waals surface area contributed by atoms with Crippen molar-refractivity contribution in [3.63, 3.8) is 0 Å². The van der Waals surface area contributed by atoms with Gasteiger partial charge < -0.3 is 15.0 Å². The monoisotopic (exact) mass is 411 g/mol. The SMILES string of the molecule is CCCC(=O)NC1CCCN(C(=O)/C=C/c2ccc(Oc3cccnc3)c(F)c2)C1. The number of carbonyl (C=O) groups is 2. The van der Waals surface area contributed by atoms with Gasteiger partial charge >= 0.3 is 0 Å². The summed E-state index contributed by atoms with van der Waals surface area (Å²) in [4.78, 5) is 30.0. The van der Waals surface area contributed by atoms with Gasteiger partial charge in [-0.2, -0.15) is 0 Å². The normalized spacial score (nSPS) is 16.5. The van der Waals surface area contributed by atoms with E-state index in [1.54, 1.807) is 35.4 Å². The lowest BCUT2D eigenvalue weighted by Gasteiger charge is -2.32. The highest BCUT2D eigenvalue weighted by molar-refractivity contribution is 5.92. The molecule has 0 spiro atoms. The number of nitrogens with zero attached hydrogens (tertiary/aromatic N) is 2. The maximum absolute atomic E-state index is 14.3. The van der Waals surface area contributed by atoms with Gasteiger partial charge in [-0.25, -0.2) is 4.39 Å². The zero-order valence-electron chi connectivity index (χ0n) is 17.0. The Balaban J connectivity index is 1.57. The minimum Gasteiger partial charge on any atom is -0.453 e. The summed E-state index contributed by atoms with van der Waals surface area (Å²) in [6.07, 6.45) is 9.13. The molecule has 1 atom stereocenters. The summed E-state index contributed by atoms with van der Waals surface area (Å²) in [5.41, 5.74) is 0.559. The summed E-state index contributed by atoms with van der Waals surface area (Å²) in [6, 6.07) is 7.90. The Morgan fingerprint density at radius 1 is 1.37 bits per heavy atom. The van der Waals surface area contributed by atoms with E-state index in [1.165, 1.54) is 24.4 Å². The van der Waals surface area contributed by atoms with Crippen LogP contribution in [0.1, 0.15) is 38.2 Å². The zero-order chi connectivity index (χ0) is 21.3. The largest absolute Gasteiger partial charge is 0.453 e. The number of hydrogen-bond donors (Lipinski definition) is 1. The van der Waals surface area contributed by atoms with Gasteiger partial charge in [-0.3, -0.25) is 14.6 Å². The number of aromatic nitrogens is 1. The van der Waals surface area contributed by atoms with Gasteiger partial charge in [-0.1, -0.05) is 13.0 Å². The van der Waals surface area contributed by atoms with Crippen LogP contribution in [-0.4, -0.2) is 40.8 Å². The fraction of sp³-hybridized carbons (Fsp3) is 0.348. The summed E-state index contributed by atoms with van der Waals surface area (Å²) in [5.74, 6) is -0.115. The molecule has 1 fully saturated rings. The van der Waals surface area contributed by atoms with Crippen molar-refractivity contribution in [2.24, 2.45) is 0 Å². The van der Waals surface area contributed by atoms with Crippen molar-refractivity contribution in [3.05, 3.63) is 60.2 Å². The van der Waals surface area contributed by atoms with E-state index in [1.807, 2.05) is 6.92 Å². The van der Waals surface area contributed by atoms with E-state index in [0.29, 0.717) is 30.8 Å². The summed E-state index contributed by atoms with van der Waals surface area (Å²) >= 11 is 0. The first-order valence-corrected chi connectivity index (χ1v) is 10.2. The molecule has 1 aliphatic heterocycles. The number of benzene rings is 1. The Hall–Kier alpha value is -3.22. The number of hydrogen-bond acceptors (Lipinski definition) is 4. The molecule has 1 aliphatic rings. The Morgan fingerprint density at radius 3 is 2.97 bits per heavy atom. The summed E-state index contributed by atoms with van der Waals surface area (Å²) in [7, 11) is 0. The zero-order valence-corrected chi connectivity index (χ0v) is 17.0. The van der Waals surface area contributed by atoms with E-state index in [4.69, 9.17) is 4.74 Å². The molecule has 2 amide bonds. The van der Waals surface area contributed by atoms with Crippen molar-refractivity contribution in [1.29, 1.82) is 0 Å². The van der Waals surface area contributed by atoms with Gasteiger partial charge in [0.25, 0.3) is 0 Å². The van der Waals surface area contributed by atoms with Gasteiger partial charge in [0.2, 0.25) is 11.8 Å². The second-order valence-corrected chi connectivity index (χ2v) is 7.25. The lowest BCUT2D eigenvalue weighted by molar-refractivity contribution is -0.129. The topological polar surface area (TPSA) is 71.5 Å². The fourth-order valence-electron chi connectivity index (χ4n) is 3.33. The van der Waals surface area contributed by atoms with Gasteiger partial charge in [0, 0.05) is 37.8 Å². The van der Waals surface area contributed by atoms with Gasteiger partial charge in [0.05, 0.1) is 6.20 Å². The standard InChI is InChI=1S/C23H26FN3O3/c1-2-5-22(28)26-18-6-4-13-27(16-18)23(29)11-9-17-8-10-21(20(24)14-17)30-19-7-3-12-25-15-19/h3,7-12,14-15,18H,2,4-6,13,16H2,1H3,(H,26,28)/b11-9+. The number of piperidine rings is 1.